The number of methoxy groups -OCH3 is 1. The second kappa shape index (κ2) is 6.70. The molecule has 0 fully saturated rings. The smallest absolute Gasteiger partial charge is 0.119 e. The Hall–Kier alpha value is -1.36. The van der Waals surface area contributed by atoms with E-state index in [1.165, 1.54) is 5.56 Å². The number of halogens is 1. The van der Waals surface area contributed by atoms with Gasteiger partial charge in [-0.3, -0.25) is 11.3 Å². The number of benzene rings is 2. The number of nitrogens with two attached hydrogens (primary N) is 1. The Balaban J connectivity index is 2.22. The van der Waals surface area contributed by atoms with E-state index in [2.05, 4.69) is 27.4 Å². The lowest BCUT2D eigenvalue weighted by Gasteiger charge is -2.18. The summed E-state index contributed by atoms with van der Waals surface area (Å²) in [5.74, 6) is 6.53. The summed E-state index contributed by atoms with van der Waals surface area (Å²) in [7, 11) is 1.66. The van der Waals surface area contributed by atoms with Crippen molar-refractivity contribution in [1.82, 2.24) is 5.43 Å². The summed E-state index contributed by atoms with van der Waals surface area (Å²) in [6, 6.07) is 16.2. The molecular formula is C15H17BrN2O. The van der Waals surface area contributed by atoms with E-state index in [0.29, 0.717) is 0 Å². The predicted octanol–water partition coefficient (Wildman–Crippen LogP) is 3.20. The Kier molecular flexibility index (Phi) is 4.96. The van der Waals surface area contributed by atoms with Crippen LogP contribution in [0.4, 0.5) is 0 Å². The van der Waals surface area contributed by atoms with Crippen molar-refractivity contribution in [3.63, 3.8) is 0 Å². The molecule has 0 aliphatic heterocycles. The summed E-state index contributed by atoms with van der Waals surface area (Å²) in [5.41, 5.74) is 5.19. The third-order valence-electron chi connectivity index (χ3n) is 3.08. The van der Waals surface area contributed by atoms with Crippen molar-refractivity contribution in [2.24, 2.45) is 5.84 Å². The fraction of sp³-hybridized carbons (Fsp3) is 0.200. The van der Waals surface area contributed by atoms with Crippen LogP contribution in [-0.4, -0.2) is 7.11 Å². The van der Waals surface area contributed by atoms with Gasteiger partial charge in [-0.15, -0.1) is 0 Å². The minimum atomic E-state index is 0.0498. The van der Waals surface area contributed by atoms with Crippen molar-refractivity contribution in [1.29, 1.82) is 0 Å². The average Bonchev–Trinajstić information content (AvgIpc) is 2.46. The van der Waals surface area contributed by atoms with Gasteiger partial charge in [-0.25, -0.2) is 0 Å². The summed E-state index contributed by atoms with van der Waals surface area (Å²) in [6.07, 6.45) is 0.811. The van der Waals surface area contributed by atoms with Gasteiger partial charge in [0.1, 0.15) is 5.75 Å². The fourth-order valence-electron chi connectivity index (χ4n) is 2.02. The Morgan fingerprint density at radius 2 is 2.00 bits per heavy atom. The molecule has 2 aromatic rings. The Labute approximate surface area is 121 Å². The van der Waals surface area contributed by atoms with E-state index in [0.717, 1.165) is 22.2 Å². The zero-order valence-electron chi connectivity index (χ0n) is 10.8. The van der Waals surface area contributed by atoms with E-state index in [4.69, 9.17) is 10.6 Å². The molecule has 100 valence electrons. The molecule has 2 aromatic carbocycles. The second-order valence-electron chi connectivity index (χ2n) is 4.29. The average molecular weight is 321 g/mol. The van der Waals surface area contributed by atoms with Crippen LogP contribution in [0.1, 0.15) is 17.2 Å². The molecule has 0 saturated heterocycles. The monoisotopic (exact) mass is 320 g/mol. The molecule has 0 amide bonds. The van der Waals surface area contributed by atoms with Crippen molar-refractivity contribution >= 4 is 15.9 Å². The highest BCUT2D eigenvalue weighted by molar-refractivity contribution is 9.10. The fourth-order valence-corrected chi connectivity index (χ4v) is 2.46. The van der Waals surface area contributed by atoms with Crippen molar-refractivity contribution in [3.8, 4) is 5.75 Å². The van der Waals surface area contributed by atoms with Gasteiger partial charge in [0.25, 0.3) is 0 Å². The topological polar surface area (TPSA) is 47.3 Å². The van der Waals surface area contributed by atoms with Crippen molar-refractivity contribution in [2.45, 2.75) is 12.5 Å². The highest BCUT2D eigenvalue weighted by Crippen LogP contribution is 2.25. The van der Waals surface area contributed by atoms with Crippen molar-refractivity contribution < 1.29 is 4.74 Å². The first-order valence-corrected chi connectivity index (χ1v) is 6.87. The predicted molar refractivity (Wildman–Crippen MR) is 80.9 cm³/mol. The highest BCUT2D eigenvalue weighted by Gasteiger charge is 2.12. The van der Waals surface area contributed by atoms with Crippen LogP contribution in [0.15, 0.2) is 53.0 Å². The number of hydrazine groups is 1. The number of nitrogens with one attached hydrogen (secondary N) is 1. The van der Waals surface area contributed by atoms with E-state index in [1.54, 1.807) is 7.11 Å². The van der Waals surface area contributed by atoms with Crippen LogP contribution < -0.4 is 16.0 Å². The van der Waals surface area contributed by atoms with Crippen LogP contribution in [0.3, 0.4) is 0 Å². The van der Waals surface area contributed by atoms with Gasteiger partial charge in [0.15, 0.2) is 0 Å². The number of ether oxygens (including phenoxy) is 1. The molecule has 0 bridgehead atoms. The molecule has 1 atom stereocenters. The van der Waals surface area contributed by atoms with E-state index >= 15 is 0 Å². The zero-order chi connectivity index (χ0) is 13.7. The van der Waals surface area contributed by atoms with Crippen molar-refractivity contribution in [2.75, 3.05) is 7.11 Å². The van der Waals surface area contributed by atoms with Gasteiger partial charge in [-0.2, -0.15) is 0 Å². The zero-order valence-corrected chi connectivity index (χ0v) is 12.4. The summed E-state index contributed by atoms with van der Waals surface area (Å²) in [6.45, 7) is 0. The molecule has 0 radical (unpaired) electrons. The molecule has 0 heterocycles. The summed E-state index contributed by atoms with van der Waals surface area (Å²) >= 11 is 3.56. The molecular weight excluding hydrogens is 304 g/mol. The molecule has 0 saturated carbocycles. The van der Waals surface area contributed by atoms with Gasteiger partial charge in [0.05, 0.1) is 13.2 Å². The number of rotatable bonds is 5. The van der Waals surface area contributed by atoms with Crippen molar-refractivity contribution in [3.05, 3.63) is 64.1 Å². The Bertz CT molecular complexity index is 545. The van der Waals surface area contributed by atoms with Gasteiger partial charge < -0.3 is 4.74 Å². The first kappa shape index (κ1) is 14.1. The Morgan fingerprint density at radius 3 is 2.68 bits per heavy atom. The van der Waals surface area contributed by atoms with E-state index in [-0.39, 0.29) is 6.04 Å². The lowest BCUT2D eigenvalue weighted by atomic mass is 9.99. The van der Waals surface area contributed by atoms with Gasteiger partial charge in [-0.05, 0) is 35.7 Å². The van der Waals surface area contributed by atoms with Gasteiger partial charge in [0, 0.05) is 4.47 Å². The van der Waals surface area contributed by atoms with Crippen LogP contribution in [0.25, 0.3) is 0 Å². The van der Waals surface area contributed by atoms with Crippen LogP contribution in [0, 0.1) is 0 Å². The molecule has 0 aliphatic rings. The molecule has 0 aliphatic carbocycles. The number of hydrogen-bond acceptors (Lipinski definition) is 3. The maximum atomic E-state index is 5.69. The lowest BCUT2D eigenvalue weighted by molar-refractivity contribution is 0.413. The van der Waals surface area contributed by atoms with Crippen LogP contribution in [-0.2, 0) is 6.42 Å². The van der Waals surface area contributed by atoms with Crippen LogP contribution in [0.5, 0.6) is 5.75 Å². The van der Waals surface area contributed by atoms with E-state index < -0.39 is 0 Å². The third kappa shape index (κ3) is 3.56. The summed E-state index contributed by atoms with van der Waals surface area (Å²) in [5, 5.41) is 0. The maximum Gasteiger partial charge on any atom is 0.119 e. The van der Waals surface area contributed by atoms with Gasteiger partial charge >= 0.3 is 0 Å². The molecule has 0 aromatic heterocycles. The number of hydrogen-bond donors (Lipinski definition) is 2. The van der Waals surface area contributed by atoms with E-state index in [1.807, 2.05) is 42.5 Å². The molecule has 2 rings (SSSR count). The van der Waals surface area contributed by atoms with Gasteiger partial charge in [-0.1, -0.05) is 46.3 Å². The van der Waals surface area contributed by atoms with Gasteiger partial charge in [0.2, 0.25) is 0 Å². The van der Waals surface area contributed by atoms with Crippen LogP contribution >= 0.6 is 15.9 Å². The second-order valence-corrected chi connectivity index (χ2v) is 5.15. The molecule has 3 nitrogen and oxygen atoms in total. The first-order valence-electron chi connectivity index (χ1n) is 6.08. The first-order chi connectivity index (χ1) is 9.24. The lowest BCUT2D eigenvalue weighted by Crippen LogP contribution is -2.29. The SMILES string of the molecule is COc1cccc(C(Cc2ccccc2Br)NN)c1. The highest BCUT2D eigenvalue weighted by atomic mass is 79.9. The third-order valence-corrected chi connectivity index (χ3v) is 3.85. The molecule has 1 unspecified atom stereocenters. The van der Waals surface area contributed by atoms with Crippen LogP contribution in [0.2, 0.25) is 0 Å². The quantitative estimate of drug-likeness (QED) is 0.657. The van der Waals surface area contributed by atoms with E-state index in [9.17, 15) is 0 Å². The normalized spacial score (nSPS) is 12.2. The molecule has 19 heavy (non-hydrogen) atoms. The minimum Gasteiger partial charge on any atom is -0.497 e. The maximum absolute atomic E-state index is 5.69. The largest absolute Gasteiger partial charge is 0.497 e. The molecule has 4 heteroatoms. The summed E-state index contributed by atoms with van der Waals surface area (Å²) in [4.78, 5) is 0. The Morgan fingerprint density at radius 1 is 1.21 bits per heavy atom. The summed E-state index contributed by atoms with van der Waals surface area (Å²) < 4.78 is 6.34. The molecule has 3 N–H and O–H groups in total. The molecule has 0 spiro atoms. The standard InChI is InChI=1S/C15H17BrN2O/c1-19-13-7-4-6-12(9-13)15(18-17)10-11-5-2-3-8-14(11)16/h2-9,15,18H,10,17H2,1H3. The minimum absolute atomic E-state index is 0.0498.